The lowest BCUT2D eigenvalue weighted by Crippen LogP contribution is -2.15. The van der Waals surface area contributed by atoms with E-state index in [1.165, 1.54) is 23.1 Å². The van der Waals surface area contributed by atoms with Crippen molar-refractivity contribution in [2.45, 2.75) is 31.7 Å². The Bertz CT molecular complexity index is 1300. The van der Waals surface area contributed by atoms with Gasteiger partial charge in [-0.2, -0.15) is 0 Å². The Hall–Kier alpha value is -3.14. The number of anilines is 1. The summed E-state index contributed by atoms with van der Waals surface area (Å²) < 4.78 is 7.95. The third-order valence-electron chi connectivity index (χ3n) is 4.98. The monoisotopic (exact) mass is 525 g/mol. The number of ether oxygens (including phenoxy) is 1. The summed E-state index contributed by atoms with van der Waals surface area (Å²) in [5.41, 5.74) is 2.89. The van der Waals surface area contributed by atoms with Gasteiger partial charge in [-0.3, -0.25) is 9.36 Å². The zero-order valence-corrected chi connectivity index (χ0v) is 21.7. The van der Waals surface area contributed by atoms with Crippen molar-refractivity contribution < 1.29 is 9.53 Å². The van der Waals surface area contributed by atoms with Crippen LogP contribution in [0.25, 0.3) is 11.3 Å². The Kier molecular flexibility index (Phi) is 8.22. The van der Waals surface area contributed by atoms with E-state index in [1.54, 1.807) is 6.08 Å². The number of thioether (sulfide) groups is 1. The van der Waals surface area contributed by atoms with Crippen LogP contribution in [0.15, 0.2) is 71.7 Å². The quantitative estimate of drug-likeness (QED) is 0.190. The molecule has 0 aliphatic heterocycles. The maximum atomic E-state index is 12.6. The summed E-state index contributed by atoms with van der Waals surface area (Å²) in [7, 11) is 0. The molecule has 4 aromatic rings. The van der Waals surface area contributed by atoms with Gasteiger partial charge in [-0.05, 0) is 38.1 Å². The number of hydrogen-bond acceptors (Lipinski definition) is 7. The Morgan fingerprint density at radius 3 is 2.69 bits per heavy atom. The molecule has 0 fully saturated rings. The number of carbonyl (C=O) groups is 1. The van der Waals surface area contributed by atoms with Crippen LogP contribution >= 0.6 is 34.7 Å². The van der Waals surface area contributed by atoms with Gasteiger partial charge in [0.05, 0.1) is 11.4 Å². The number of benzene rings is 2. The van der Waals surface area contributed by atoms with Gasteiger partial charge >= 0.3 is 0 Å². The SMILES string of the molecule is C=CCn1c(SCC(=O)Nc2nc(-c3ccc(Cl)cc3)cs2)nnc1C(C)Oc1ccc(C)cc1. The van der Waals surface area contributed by atoms with E-state index in [0.29, 0.717) is 27.7 Å². The van der Waals surface area contributed by atoms with E-state index >= 15 is 0 Å². The van der Waals surface area contributed by atoms with E-state index in [1.807, 2.05) is 72.3 Å². The number of nitrogens with one attached hydrogen (secondary N) is 1. The van der Waals surface area contributed by atoms with E-state index in [2.05, 4.69) is 27.1 Å². The molecular weight excluding hydrogens is 502 g/mol. The summed E-state index contributed by atoms with van der Waals surface area (Å²) in [6.07, 6.45) is 1.44. The van der Waals surface area contributed by atoms with Gasteiger partial charge in [-0.15, -0.1) is 28.1 Å². The molecule has 0 radical (unpaired) electrons. The maximum Gasteiger partial charge on any atom is 0.236 e. The molecule has 2 heterocycles. The standard InChI is InChI=1S/C25H24ClN5O2S2/c1-4-13-31-23(17(3)33-20-11-5-16(2)6-12-20)29-30-25(31)35-15-22(32)28-24-27-21(14-34-24)18-7-9-19(26)10-8-18/h4-12,14,17H,1,13,15H2,2-3H3,(H,27,28,32). The fourth-order valence-corrected chi connectivity index (χ4v) is 4.87. The van der Waals surface area contributed by atoms with Gasteiger partial charge in [0.1, 0.15) is 5.75 Å². The largest absolute Gasteiger partial charge is 0.483 e. The van der Waals surface area contributed by atoms with Crippen molar-refractivity contribution in [3.63, 3.8) is 0 Å². The Morgan fingerprint density at radius 1 is 1.23 bits per heavy atom. The molecule has 35 heavy (non-hydrogen) atoms. The van der Waals surface area contributed by atoms with Crippen LogP contribution in [-0.2, 0) is 11.3 Å². The van der Waals surface area contributed by atoms with Gasteiger partial charge in [0.25, 0.3) is 0 Å². The molecule has 7 nitrogen and oxygen atoms in total. The first kappa shape index (κ1) is 25.0. The topological polar surface area (TPSA) is 81.9 Å². The Morgan fingerprint density at radius 2 is 1.97 bits per heavy atom. The van der Waals surface area contributed by atoms with Crippen molar-refractivity contribution in [1.82, 2.24) is 19.7 Å². The number of amides is 1. The molecule has 0 saturated carbocycles. The molecule has 1 amide bonds. The van der Waals surface area contributed by atoms with Gasteiger partial charge in [0.2, 0.25) is 5.91 Å². The molecule has 4 rings (SSSR count). The van der Waals surface area contributed by atoms with Crippen molar-refractivity contribution in [2.75, 3.05) is 11.1 Å². The molecule has 0 saturated heterocycles. The van der Waals surface area contributed by atoms with E-state index < -0.39 is 0 Å². The first-order valence-electron chi connectivity index (χ1n) is 10.8. The molecule has 2 aromatic heterocycles. The smallest absolute Gasteiger partial charge is 0.236 e. The van der Waals surface area contributed by atoms with E-state index in [0.717, 1.165) is 22.6 Å². The predicted molar refractivity (Wildman–Crippen MR) is 142 cm³/mol. The van der Waals surface area contributed by atoms with Gasteiger partial charge in [-0.1, -0.05) is 59.3 Å². The molecule has 0 bridgehead atoms. The van der Waals surface area contributed by atoms with Gasteiger partial charge < -0.3 is 10.1 Å². The average Bonchev–Trinajstić information content (AvgIpc) is 3.47. The second-order valence-electron chi connectivity index (χ2n) is 7.69. The normalized spacial score (nSPS) is 11.7. The second kappa shape index (κ2) is 11.5. The number of aryl methyl sites for hydroxylation is 1. The molecular formula is C25H24ClN5O2S2. The van der Waals surface area contributed by atoms with E-state index in [9.17, 15) is 4.79 Å². The summed E-state index contributed by atoms with van der Waals surface area (Å²) >= 11 is 8.62. The fourth-order valence-electron chi connectivity index (χ4n) is 3.25. The van der Waals surface area contributed by atoms with Crippen LogP contribution in [0.4, 0.5) is 5.13 Å². The van der Waals surface area contributed by atoms with Crippen LogP contribution in [0.5, 0.6) is 5.75 Å². The Labute approximate surface area is 217 Å². The predicted octanol–water partition coefficient (Wildman–Crippen LogP) is 6.42. The number of nitrogens with zero attached hydrogens (tertiary/aromatic N) is 4. The van der Waals surface area contributed by atoms with Crippen LogP contribution < -0.4 is 10.1 Å². The van der Waals surface area contributed by atoms with Gasteiger partial charge in [0.15, 0.2) is 22.2 Å². The number of aromatic nitrogens is 4. The molecule has 1 unspecified atom stereocenters. The zero-order valence-electron chi connectivity index (χ0n) is 19.3. The molecule has 180 valence electrons. The first-order valence-corrected chi connectivity index (χ1v) is 13.1. The van der Waals surface area contributed by atoms with Crippen LogP contribution in [0.3, 0.4) is 0 Å². The molecule has 2 aromatic carbocycles. The number of allylic oxidation sites excluding steroid dienone is 1. The highest BCUT2D eigenvalue weighted by molar-refractivity contribution is 7.99. The minimum atomic E-state index is -0.324. The van der Waals surface area contributed by atoms with Crippen LogP contribution in [0, 0.1) is 6.92 Å². The summed E-state index contributed by atoms with van der Waals surface area (Å²) in [6, 6.07) is 15.3. The van der Waals surface area contributed by atoms with Gasteiger partial charge in [0, 0.05) is 22.5 Å². The highest BCUT2D eigenvalue weighted by Gasteiger charge is 2.20. The summed E-state index contributed by atoms with van der Waals surface area (Å²) in [5.74, 6) is 1.41. The molecule has 1 atom stereocenters. The van der Waals surface area contributed by atoms with Gasteiger partial charge in [-0.25, -0.2) is 4.98 Å². The number of halogens is 1. The van der Waals surface area contributed by atoms with Crippen LogP contribution in [0.1, 0.15) is 24.4 Å². The molecule has 0 aliphatic rings. The zero-order chi connectivity index (χ0) is 24.8. The summed E-state index contributed by atoms with van der Waals surface area (Å²) in [4.78, 5) is 17.1. The fraction of sp³-hybridized carbons (Fsp3) is 0.200. The van der Waals surface area contributed by atoms with Crippen LogP contribution in [0.2, 0.25) is 5.02 Å². The lowest BCUT2D eigenvalue weighted by Gasteiger charge is -2.15. The van der Waals surface area contributed by atoms with Crippen molar-refractivity contribution in [3.05, 3.63) is 83.0 Å². The lowest BCUT2D eigenvalue weighted by atomic mass is 10.2. The number of rotatable bonds is 10. The molecule has 10 heteroatoms. The minimum Gasteiger partial charge on any atom is -0.483 e. The van der Waals surface area contributed by atoms with E-state index in [4.69, 9.17) is 16.3 Å². The van der Waals surface area contributed by atoms with Crippen molar-refractivity contribution in [1.29, 1.82) is 0 Å². The third kappa shape index (κ3) is 6.50. The molecule has 0 spiro atoms. The summed E-state index contributed by atoms with van der Waals surface area (Å²) in [5, 5.41) is 15.2. The number of hydrogen-bond donors (Lipinski definition) is 1. The molecule has 1 N–H and O–H groups in total. The van der Waals surface area contributed by atoms with Crippen molar-refractivity contribution in [2.24, 2.45) is 0 Å². The minimum absolute atomic E-state index is 0.165. The number of thiazole rings is 1. The average molecular weight is 526 g/mol. The summed E-state index contributed by atoms with van der Waals surface area (Å²) in [6.45, 7) is 8.29. The number of carbonyl (C=O) groups excluding carboxylic acids is 1. The first-order chi connectivity index (χ1) is 16.9. The lowest BCUT2D eigenvalue weighted by molar-refractivity contribution is -0.113. The third-order valence-corrected chi connectivity index (χ3v) is 6.95. The van der Waals surface area contributed by atoms with Crippen molar-refractivity contribution in [3.8, 4) is 17.0 Å². The Balaban J connectivity index is 1.38. The molecule has 0 aliphatic carbocycles. The highest BCUT2D eigenvalue weighted by atomic mass is 35.5. The highest BCUT2D eigenvalue weighted by Crippen LogP contribution is 2.27. The second-order valence-corrected chi connectivity index (χ2v) is 9.93. The maximum absolute atomic E-state index is 12.6. The van der Waals surface area contributed by atoms with Crippen LogP contribution in [-0.4, -0.2) is 31.4 Å². The van der Waals surface area contributed by atoms with E-state index in [-0.39, 0.29) is 17.8 Å². The van der Waals surface area contributed by atoms with Crippen molar-refractivity contribution >= 4 is 45.7 Å².